The summed E-state index contributed by atoms with van der Waals surface area (Å²) >= 11 is 3.45. The van der Waals surface area contributed by atoms with Crippen LogP contribution < -0.4 is 5.73 Å². The van der Waals surface area contributed by atoms with Gasteiger partial charge in [0.05, 0.1) is 0 Å². The number of piperidine rings is 1. The minimum absolute atomic E-state index is 0.557. The lowest BCUT2D eigenvalue weighted by atomic mass is 9.78. The van der Waals surface area contributed by atoms with Crippen molar-refractivity contribution in [2.75, 3.05) is 18.8 Å². The fourth-order valence-electron chi connectivity index (χ4n) is 2.56. The van der Waals surface area contributed by atoms with Crippen LogP contribution in [-0.2, 0) is 6.54 Å². The zero-order valence-electron chi connectivity index (χ0n) is 11.4. The molecule has 100 valence electrons. The predicted molar refractivity (Wildman–Crippen MR) is 81.5 cm³/mol. The zero-order chi connectivity index (χ0) is 13.2. The lowest BCUT2D eigenvalue weighted by Crippen LogP contribution is -2.38. The Kier molecular flexibility index (Phi) is 4.33. The van der Waals surface area contributed by atoms with E-state index in [0.717, 1.165) is 16.7 Å². The van der Waals surface area contributed by atoms with Crippen molar-refractivity contribution in [2.24, 2.45) is 5.41 Å². The van der Waals surface area contributed by atoms with Gasteiger partial charge in [-0.2, -0.15) is 0 Å². The van der Waals surface area contributed by atoms with E-state index in [0.29, 0.717) is 5.41 Å². The van der Waals surface area contributed by atoms with Gasteiger partial charge in [0.1, 0.15) is 0 Å². The van der Waals surface area contributed by atoms with E-state index in [2.05, 4.69) is 46.8 Å². The number of hydrogen-bond acceptors (Lipinski definition) is 2. The van der Waals surface area contributed by atoms with Crippen molar-refractivity contribution in [3.05, 3.63) is 28.2 Å². The first-order chi connectivity index (χ1) is 8.52. The maximum atomic E-state index is 6.06. The van der Waals surface area contributed by atoms with Gasteiger partial charge in [-0.3, -0.25) is 4.90 Å². The Morgan fingerprint density at radius 1 is 1.33 bits per heavy atom. The molecule has 2 rings (SSSR count). The zero-order valence-corrected chi connectivity index (χ0v) is 13.0. The highest BCUT2D eigenvalue weighted by Gasteiger charge is 2.28. The summed E-state index contributed by atoms with van der Waals surface area (Å²) < 4.78 is 1.06. The van der Waals surface area contributed by atoms with E-state index in [1.807, 2.05) is 6.07 Å². The summed E-state index contributed by atoms with van der Waals surface area (Å²) in [5.41, 5.74) is 8.76. The molecule has 2 N–H and O–H groups in total. The minimum atomic E-state index is 0.557. The number of rotatable bonds is 3. The molecule has 1 aromatic carbocycles. The molecular weight excluding hydrogens is 288 g/mol. The van der Waals surface area contributed by atoms with E-state index in [4.69, 9.17) is 5.73 Å². The maximum Gasteiger partial charge on any atom is 0.0371 e. The van der Waals surface area contributed by atoms with Crippen LogP contribution in [0.1, 0.15) is 38.7 Å². The van der Waals surface area contributed by atoms with Crippen LogP contribution in [0.3, 0.4) is 0 Å². The normalized spacial score (nSPS) is 19.9. The average molecular weight is 311 g/mol. The summed E-state index contributed by atoms with van der Waals surface area (Å²) in [7, 11) is 0. The summed E-state index contributed by atoms with van der Waals surface area (Å²) in [6.45, 7) is 8.10. The molecule has 0 bridgehead atoms. The number of nitrogens with zero attached hydrogens (tertiary/aromatic N) is 1. The molecule has 0 unspecified atom stereocenters. The average Bonchev–Trinajstić information content (AvgIpc) is 2.36. The molecule has 0 aromatic heterocycles. The number of nitrogens with two attached hydrogens (primary N) is 1. The van der Waals surface area contributed by atoms with Crippen LogP contribution in [-0.4, -0.2) is 18.0 Å². The Bertz CT molecular complexity index is 409. The van der Waals surface area contributed by atoms with E-state index in [1.165, 1.54) is 37.9 Å². The first kappa shape index (κ1) is 13.9. The van der Waals surface area contributed by atoms with E-state index in [-0.39, 0.29) is 0 Å². The molecule has 0 saturated carbocycles. The van der Waals surface area contributed by atoms with Gasteiger partial charge < -0.3 is 5.73 Å². The van der Waals surface area contributed by atoms with Crippen molar-refractivity contribution in [3.8, 4) is 0 Å². The van der Waals surface area contributed by atoms with Crippen LogP contribution in [0.15, 0.2) is 22.7 Å². The molecule has 0 amide bonds. The third kappa shape index (κ3) is 3.27. The number of likely N-dealkylation sites (tertiary alicyclic amines) is 1. The van der Waals surface area contributed by atoms with Crippen molar-refractivity contribution in [3.63, 3.8) is 0 Å². The molecule has 3 heteroatoms. The second kappa shape index (κ2) is 5.62. The number of benzene rings is 1. The van der Waals surface area contributed by atoms with Gasteiger partial charge in [0, 0.05) is 16.7 Å². The Balaban J connectivity index is 1.95. The lowest BCUT2D eigenvalue weighted by molar-refractivity contribution is 0.110. The van der Waals surface area contributed by atoms with Crippen molar-refractivity contribution in [1.29, 1.82) is 0 Å². The molecule has 18 heavy (non-hydrogen) atoms. The molecule has 0 radical (unpaired) electrons. The molecule has 0 atom stereocenters. The lowest BCUT2D eigenvalue weighted by Gasteiger charge is -2.39. The Morgan fingerprint density at radius 3 is 2.56 bits per heavy atom. The monoisotopic (exact) mass is 310 g/mol. The molecule has 0 aliphatic carbocycles. The highest BCUT2D eigenvalue weighted by atomic mass is 79.9. The van der Waals surface area contributed by atoms with Crippen LogP contribution >= 0.6 is 15.9 Å². The molecule has 1 aromatic rings. The third-order valence-electron chi connectivity index (χ3n) is 4.42. The molecule has 1 fully saturated rings. The third-order valence-corrected chi connectivity index (χ3v) is 4.91. The van der Waals surface area contributed by atoms with Gasteiger partial charge >= 0.3 is 0 Å². The Labute approximate surface area is 119 Å². The largest absolute Gasteiger partial charge is 0.398 e. The Morgan fingerprint density at radius 2 is 2.00 bits per heavy atom. The fourth-order valence-corrected chi connectivity index (χ4v) is 2.93. The van der Waals surface area contributed by atoms with Crippen LogP contribution in [0.2, 0.25) is 0 Å². The highest BCUT2D eigenvalue weighted by molar-refractivity contribution is 9.10. The minimum Gasteiger partial charge on any atom is -0.398 e. The van der Waals surface area contributed by atoms with E-state index >= 15 is 0 Å². The second-order valence-corrected chi connectivity index (χ2v) is 6.70. The highest BCUT2D eigenvalue weighted by Crippen LogP contribution is 2.34. The van der Waals surface area contributed by atoms with Gasteiger partial charge in [0.15, 0.2) is 0 Å². The number of halogens is 1. The molecular formula is C15H23BrN2. The van der Waals surface area contributed by atoms with Gasteiger partial charge in [-0.25, -0.2) is 0 Å². The van der Waals surface area contributed by atoms with Crippen LogP contribution in [0.25, 0.3) is 0 Å². The van der Waals surface area contributed by atoms with Gasteiger partial charge in [0.2, 0.25) is 0 Å². The standard InChI is InChI=1S/C15H23BrN2/c1-3-15(2)6-8-18(9-7-15)11-12-4-5-13(16)10-14(12)17/h4-5,10H,3,6-9,11,17H2,1-2H3. The quantitative estimate of drug-likeness (QED) is 0.854. The van der Waals surface area contributed by atoms with Gasteiger partial charge in [-0.05, 0) is 49.0 Å². The first-order valence-corrected chi connectivity index (χ1v) is 7.58. The summed E-state index contributed by atoms with van der Waals surface area (Å²) in [5, 5.41) is 0. The molecule has 1 aliphatic rings. The number of anilines is 1. The Hall–Kier alpha value is -0.540. The van der Waals surface area contributed by atoms with Gasteiger partial charge in [-0.1, -0.05) is 42.3 Å². The number of nitrogen functional groups attached to an aromatic ring is 1. The first-order valence-electron chi connectivity index (χ1n) is 6.79. The summed E-state index contributed by atoms with van der Waals surface area (Å²) in [4.78, 5) is 2.52. The van der Waals surface area contributed by atoms with Crippen molar-refractivity contribution < 1.29 is 0 Å². The summed E-state index contributed by atoms with van der Waals surface area (Å²) in [6, 6.07) is 6.20. The van der Waals surface area contributed by atoms with E-state index in [1.54, 1.807) is 0 Å². The van der Waals surface area contributed by atoms with E-state index in [9.17, 15) is 0 Å². The molecule has 1 saturated heterocycles. The number of hydrogen-bond donors (Lipinski definition) is 1. The SMILES string of the molecule is CCC1(C)CCN(Cc2ccc(Br)cc2N)CC1. The van der Waals surface area contributed by atoms with Crippen molar-refractivity contribution in [2.45, 2.75) is 39.7 Å². The summed E-state index contributed by atoms with van der Waals surface area (Å²) in [6.07, 6.45) is 3.90. The predicted octanol–water partition coefficient (Wildman–Crippen LogP) is 4.04. The fraction of sp³-hybridized carbons (Fsp3) is 0.600. The van der Waals surface area contributed by atoms with Crippen LogP contribution in [0.4, 0.5) is 5.69 Å². The van der Waals surface area contributed by atoms with Crippen LogP contribution in [0.5, 0.6) is 0 Å². The van der Waals surface area contributed by atoms with Gasteiger partial charge in [-0.15, -0.1) is 0 Å². The van der Waals surface area contributed by atoms with Crippen molar-refractivity contribution in [1.82, 2.24) is 4.90 Å². The second-order valence-electron chi connectivity index (χ2n) is 5.78. The van der Waals surface area contributed by atoms with Crippen molar-refractivity contribution >= 4 is 21.6 Å². The summed E-state index contributed by atoms with van der Waals surface area (Å²) in [5.74, 6) is 0. The molecule has 2 nitrogen and oxygen atoms in total. The molecule has 1 aliphatic heterocycles. The molecule has 0 spiro atoms. The van der Waals surface area contributed by atoms with Crippen LogP contribution in [0, 0.1) is 5.41 Å². The topological polar surface area (TPSA) is 29.3 Å². The van der Waals surface area contributed by atoms with Gasteiger partial charge in [0.25, 0.3) is 0 Å². The smallest absolute Gasteiger partial charge is 0.0371 e. The van der Waals surface area contributed by atoms with E-state index < -0.39 is 0 Å². The molecule has 1 heterocycles. The maximum absolute atomic E-state index is 6.06.